The van der Waals surface area contributed by atoms with E-state index in [-0.39, 0.29) is 10.7 Å². The van der Waals surface area contributed by atoms with Gasteiger partial charge in [0.2, 0.25) is 0 Å². The molecule has 0 fully saturated rings. The minimum absolute atomic E-state index is 0.142. The Labute approximate surface area is 110 Å². The van der Waals surface area contributed by atoms with Crippen molar-refractivity contribution in [3.05, 3.63) is 0 Å². The summed E-state index contributed by atoms with van der Waals surface area (Å²) < 4.78 is 5.37. The standard InChI is InChI=1S/C13H27NO2S/c1-7-14-13(6,11(15)16-8-2)9-10-17-12(3,4)5/h14H,7-10H2,1-6H3. The number of hydrogen-bond donors (Lipinski definition) is 1. The van der Waals surface area contributed by atoms with Gasteiger partial charge in [0.1, 0.15) is 5.54 Å². The molecule has 0 bridgehead atoms. The van der Waals surface area contributed by atoms with Gasteiger partial charge in [-0.3, -0.25) is 4.79 Å². The highest BCUT2D eigenvalue weighted by atomic mass is 32.2. The van der Waals surface area contributed by atoms with Crippen molar-refractivity contribution in [3.8, 4) is 0 Å². The number of carbonyl (C=O) groups is 1. The third-order valence-electron chi connectivity index (χ3n) is 2.43. The van der Waals surface area contributed by atoms with Crippen LogP contribution < -0.4 is 5.32 Å². The van der Waals surface area contributed by atoms with Gasteiger partial charge in [-0.05, 0) is 32.6 Å². The zero-order valence-electron chi connectivity index (χ0n) is 12.1. The van der Waals surface area contributed by atoms with Crippen LogP contribution in [0.15, 0.2) is 0 Å². The van der Waals surface area contributed by atoms with Gasteiger partial charge in [0, 0.05) is 4.75 Å². The van der Waals surface area contributed by atoms with Crippen LogP contribution in [0.1, 0.15) is 48.0 Å². The molecule has 0 aliphatic carbocycles. The van der Waals surface area contributed by atoms with Crippen molar-refractivity contribution in [2.45, 2.75) is 58.2 Å². The van der Waals surface area contributed by atoms with Crippen molar-refractivity contribution in [1.82, 2.24) is 5.32 Å². The van der Waals surface area contributed by atoms with Crippen LogP contribution in [-0.2, 0) is 9.53 Å². The van der Waals surface area contributed by atoms with E-state index in [4.69, 9.17) is 4.74 Å². The first kappa shape index (κ1) is 16.8. The molecule has 0 spiro atoms. The summed E-state index contributed by atoms with van der Waals surface area (Å²) in [6.07, 6.45) is 0.793. The van der Waals surface area contributed by atoms with E-state index in [2.05, 4.69) is 26.1 Å². The van der Waals surface area contributed by atoms with Gasteiger partial charge in [-0.2, -0.15) is 11.8 Å². The molecule has 1 unspecified atom stereocenters. The highest BCUT2D eigenvalue weighted by molar-refractivity contribution is 8.00. The molecule has 0 aliphatic rings. The van der Waals surface area contributed by atoms with Crippen molar-refractivity contribution in [3.63, 3.8) is 0 Å². The second-order valence-corrected chi connectivity index (χ2v) is 7.22. The average molecular weight is 261 g/mol. The van der Waals surface area contributed by atoms with Crippen LogP contribution in [-0.4, -0.2) is 35.2 Å². The number of carbonyl (C=O) groups excluding carboxylic acids is 1. The van der Waals surface area contributed by atoms with Gasteiger partial charge in [0.25, 0.3) is 0 Å². The second-order valence-electron chi connectivity index (χ2n) is 5.29. The first-order valence-corrected chi connectivity index (χ1v) is 7.30. The van der Waals surface area contributed by atoms with Crippen molar-refractivity contribution in [2.75, 3.05) is 18.9 Å². The molecule has 0 amide bonds. The van der Waals surface area contributed by atoms with Gasteiger partial charge in [-0.1, -0.05) is 27.7 Å². The molecule has 1 N–H and O–H groups in total. The van der Waals surface area contributed by atoms with E-state index in [1.165, 1.54) is 0 Å². The van der Waals surface area contributed by atoms with Crippen LogP contribution in [0.4, 0.5) is 0 Å². The van der Waals surface area contributed by atoms with Crippen LogP contribution >= 0.6 is 11.8 Å². The quantitative estimate of drug-likeness (QED) is 0.715. The number of likely N-dealkylation sites (N-methyl/N-ethyl adjacent to an activating group) is 1. The maximum absolute atomic E-state index is 11.9. The summed E-state index contributed by atoms with van der Waals surface area (Å²) in [7, 11) is 0. The van der Waals surface area contributed by atoms with Gasteiger partial charge < -0.3 is 10.1 Å². The van der Waals surface area contributed by atoms with Crippen molar-refractivity contribution in [1.29, 1.82) is 0 Å². The third-order valence-corrected chi connectivity index (χ3v) is 3.70. The summed E-state index contributed by atoms with van der Waals surface area (Å²) >= 11 is 1.87. The largest absolute Gasteiger partial charge is 0.465 e. The molecule has 0 aliphatic heterocycles. The Bertz CT molecular complexity index is 238. The van der Waals surface area contributed by atoms with Gasteiger partial charge in [-0.15, -0.1) is 0 Å². The number of hydrogen-bond acceptors (Lipinski definition) is 4. The molecule has 1 atom stereocenters. The monoisotopic (exact) mass is 261 g/mol. The molecule has 17 heavy (non-hydrogen) atoms. The first-order valence-electron chi connectivity index (χ1n) is 6.31. The van der Waals surface area contributed by atoms with E-state index in [0.29, 0.717) is 6.61 Å². The van der Waals surface area contributed by atoms with E-state index in [0.717, 1.165) is 18.7 Å². The fourth-order valence-electron chi connectivity index (χ4n) is 1.50. The SMILES string of the molecule is CCNC(C)(CCSC(C)(C)C)C(=O)OCC. The Morgan fingerprint density at radius 1 is 1.24 bits per heavy atom. The number of esters is 1. The molecular formula is C13H27NO2S. The van der Waals surface area contributed by atoms with Crippen molar-refractivity contribution >= 4 is 17.7 Å². The smallest absolute Gasteiger partial charge is 0.326 e. The van der Waals surface area contributed by atoms with Crippen LogP contribution in [0.25, 0.3) is 0 Å². The molecule has 0 aromatic heterocycles. The zero-order chi connectivity index (χ0) is 13.5. The number of nitrogens with one attached hydrogen (secondary N) is 1. The van der Waals surface area contributed by atoms with E-state index in [1.54, 1.807) is 0 Å². The number of thioether (sulfide) groups is 1. The topological polar surface area (TPSA) is 38.3 Å². The van der Waals surface area contributed by atoms with Gasteiger partial charge in [-0.25, -0.2) is 0 Å². The lowest BCUT2D eigenvalue weighted by atomic mass is 9.99. The van der Waals surface area contributed by atoms with E-state index >= 15 is 0 Å². The van der Waals surface area contributed by atoms with Crippen molar-refractivity contribution in [2.24, 2.45) is 0 Å². The van der Waals surface area contributed by atoms with Crippen LogP contribution in [0.5, 0.6) is 0 Å². The van der Waals surface area contributed by atoms with Gasteiger partial charge in [0.05, 0.1) is 6.61 Å². The molecule has 0 heterocycles. The number of ether oxygens (including phenoxy) is 1. The van der Waals surface area contributed by atoms with Gasteiger partial charge in [0.15, 0.2) is 0 Å². The van der Waals surface area contributed by atoms with E-state index < -0.39 is 5.54 Å². The molecule has 3 nitrogen and oxygen atoms in total. The molecule has 0 saturated carbocycles. The number of rotatable bonds is 7. The fourth-order valence-corrected chi connectivity index (χ4v) is 2.63. The minimum Gasteiger partial charge on any atom is -0.465 e. The first-order chi connectivity index (χ1) is 7.75. The Kier molecular flexibility index (Phi) is 7.17. The lowest BCUT2D eigenvalue weighted by Gasteiger charge is -2.29. The maximum Gasteiger partial charge on any atom is 0.326 e. The van der Waals surface area contributed by atoms with Gasteiger partial charge >= 0.3 is 5.97 Å². The molecular weight excluding hydrogens is 234 g/mol. The summed E-state index contributed by atoms with van der Waals surface area (Å²) in [5, 5.41) is 3.24. The highest BCUT2D eigenvalue weighted by Crippen LogP contribution is 2.26. The predicted octanol–water partition coefficient (Wildman–Crippen LogP) is 2.84. The molecule has 0 aromatic rings. The maximum atomic E-state index is 11.9. The van der Waals surface area contributed by atoms with Crippen molar-refractivity contribution < 1.29 is 9.53 Å². The van der Waals surface area contributed by atoms with Crippen LogP contribution in [0, 0.1) is 0 Å². The summed E-state index contributed by atoms with van der Waals surface area (Å²) in [5.41, 5.74) is -0.553. The molecule has 0 radical (unpaired) electrons. The lowest BCUT2D eigenvalue weighted by molar-refractivity contribution is -0.150. The molecule has 4 heteroatoms. The predicted molar refractivity (Wildman–Crippen MR) is 75.5 cm³/mol. The summed E-state index contributed by atoms with van der Waals surface area (Å²) in [6, 6.07) is 0. The lowest BCUT2D eigenvalue weighted by Crippen LogP contribution is -2.51. The molecule has 102 valence electrons. The van der Waals surface area contributed by atoms with E-state index in [9.17, 15) is 4.79 Å². The highest BCUT2D eigenvalue weighted by Gasteiger charge is 2.33. The Hall–Kier alpha value is -0.220. The average Bonchev–Trinajstić information content (AvgIpc) is 2.16. The molecule has 0 aromatic carbocycles. The molecule has 0 rings (SSSR count). The summed E-state index contributed by atoms with van der Waals surface area (Å²) in [5.74, 6) is 0.808. The fraction of sp³-hybridized carbons (Fsp3) is 0.923. The third kappa shape index (κ3) is 6.94. The molecule has 0 saturated heterocycles. The second kappa shape index (κ2) is 7.27. The Morgan fingerprint density at radius 3 is 2.24 bits per heavy atom. The van der Waals surface area contributed by atoms with Crippen LogP contribution in [0.2, 0.25) is 0 Å². The Balaban J connectivity index is 4.35. The summed E-state index contributed by atoms with van der Waals surface area (Å²) in [4.78, 5) is 11.9. The Morgan fingerprint density at radius 2 is 1.82 bits per heavy atom. The minimum atomic E-state index is -0.553. The van der Waals surface area contributed by atoms with E-state index in [1.807, 2.05) is 32.5 Å². The normalized spacial score (nSPS) is 15.4. The van der Waals surface area contributed by atoms with Crippen LogP contribution in [0.3, 0.4) is 0 Å². The summed E-state index contributed by atoms with van der Waals surface area (Å²) in [6.45, 7) is 13.5. The zero-order valence-corrected chi connectivity index (χ0v) is 12.9.